The summed E-state index contributed by atoms with van der Waals surface area (Å²) in [7, 11) is -3.51. The van der Waals surface area contributed by atoms with Crippen molar-refractivity contribution in [3.8, 4) is 0 Å². The van der Waals surface area contributed by atoms with Gasteiger partial charge < -0.3 is 5.11 Å². The third-order valence-corrected chi connectivity index (χ3v) is 4.24. The fourth-order valence-corrected chi connectivity index (χ4v) is 2.96. The highest BCUT2D eigenvalue weighted by Crippen LogP contribution is 2.24. The van der Waals surface area contributed by atoms with Crippen LogP contribution in [0.4, 0.5) is 5.69 Å². The molecule has 0 amide bonds. The summed E-state index contributed by atoms with van der Waals surface area (Å²) in [5.41, 5.74) is 1.40. The molecule has 5 nitrogen and oxygen atoms in total. The molecule has 0 fully saturated rings. The summed E-state index contributed by atoms with van der Waals surface area (Å²) in [6.45, 7) is 1.86. The predicted octanol–water partition coefficient (Wildman–Crippen LogP) is 2.36. The maximum absolute atomic E-state index is 11.7. The highest BCUT2D eigenvalue weighted by molar-refractivity contribution is 9.10. The quantitative estimate of drug-likeness (QED) is 0.835. The summed E-state index contributed by atoms with van der Waals surface area (Å²) in [6.07, 6.45) is -0.0655. The monoisotopic (exact) mass is 335 g/mol. The Morgan fingerprint density at radius 2 is 2.11 bits per heavy atom. The van der Waals surface area contributed by atoms with Gasteiger partial charge >= 0.3 is 5.97 Å². The average molecular weight is 336 g/mol. The van der Waals surface area contributed by atoms with Crippen LogP contribution in [-0.2, 0) is 14.8 Å². The van der Waals surface area contributed by atoms with Crippen LogP contribution < -0.4 is 4.72 Å². The van der Waals surface area contributed by atoms with Crippen molar-refractivity contribution in [2.75, 3.05) is 10.5 Å². The third-order valence-electron chi connectivity index (χ3n) is 2.19. The van der Waals surface area contributed by atoms with Gasteiger partial charge in [0.2, 0.25) is 10.0 Å². The largest absolute Gasteiger partial charge is 0.481 e. The summed E-state index contributed by atoms with van der Waals surface area (Å²) in [4.78, 5) is 10.3. The molecule has 0 aromatic heterocycles. The number of nitrogens with one attached hydrogen (secondary N) is 1. The Bertz CT molecular complexity index is 542. The van der Waals surface area contributed by atoms with E-state index in [1.165, 1.54) is 0 Å². The van der Waals surface area contributed by atoms with Gasteiger partial charge in [-0.2, -0.15) is 0 Å². The fourth-order valence-electron chi connectivity index (χ4n) is 1.35. The minimum Gasteiger partial charge on any atom is -0.481 e. The lowest BCUT2D eigenvalue weighted by molar-refractivity contribution is -0.137. The van der Waals surface area contributed by atoms with Gasteiger partial charge in [0.25, 0.3) is 0 Å². The normalized spacial score (nSPS) is 11.2. The number of rotatable bonds is 6. The van der Waals surface area contributed by atoms with E-state index in [2.05, 4.69) is 20.7 Å². The number of hydrogen-bond donors (Lipinski definition) is 2. The van der Waals surface area contributed by atoms with E-state index < -0.39 is 16.0 Å². The second-order valence-electron chi connectivity index (χ2n) is 3.90. The van der Waals surface area contributed by atoms with Gasteiger partial charge in [-0.25, -0.2) is 8.42 Å². The second-order valence-corrected chi connectivity index (χ2v) is 6.60. The second kappa shape index (κ2) is 6.19. The van der Waals surface area contributed by atoms with Gasteiger partial charge in [-0.3, -0.25) is 9.52 Å². The first-order valence-corrected chi connectivity index (χ1v) is 7.73. The highest BCUT2D eigenvalue weighted by Gasteiger charge is 2.13. The molecule has 1 rings (SSSR count). The van der Waals surface area contributed by atoms with Crippen molar-refractivity contribution in [3.05, 3.63) is 28.2 Å². The van der Waals surface area contributed by atoms with E-state index in [1.54, 1.807) is 12.1 Å². The molecule has 0 aliphatic carbocycles. The molecule has 0 atom stereocenters. The summed E-state index contributed by atoms with van der Waals surface area (Å²) in [5.74, 6) is -1.21. The maximum Gasteiger partial charge on any atom is 0.303 e. The van der Waals surface area contributed by atoms with E-state index in [-0.39, 0.29) is 18.6 Å². The minimum absolute atomic E-state index is 0.0914. The summed E-state index contributed by atoms with van der Waals surface area (Å²) >= 11 is 3.25. The van der Waals surface area contributed by atoms with Gasteiger partial charge in [0, 0.05) is 10.9 Å². The molecule has 0 unspecified atom stereocenters. The summed E-state index contributed by atoms with van der Waals surface area (Å²) in [5, 5.41) is 8.46. The van der Waals surface area contributed by atoms with Gasteiger partial charge in [-0.1, -0.05) is 6.07 Å². The number of benzene rings is 1. The lowest BCUT2D eigenvalue weighted by Crippen LogP contribution is -2.17. The van der Waals surface area contributed by atoms with Crippen molar-refractivity contribution < 1.29 is 18.3 Å². The Morgan fingerprint density at radius 1 is 1.44 bits per heavy atom. The lowest BCUT2D eigenvalue weighted by Gasteiger charge is -2.10. The van der Waals surface area contributed by atoms with Crippen LogP contribution >= 0.6 is 15.9 Å². The Balaban J connectivity index is 2.70. The molecule has 18 heavy (non-hydrogen) atoms. The Labute approximate surface area is 114 Å². The SMILES string of the molecule is Cc1ccc(Br)c(NS(=O)(=O)CCCC(=O)O)c1. The average Bonchev–Trinajstić information content (AvgIpc) is 2.22. The maximum atomic E-state index is 11.7. The van der Waals surface area contributed by atoms with Crippen molar-refractivity contribution in [2.24, 2.45) is 0 Å². The molecule has 0 aliphatic heterocycles. The zero-order valence-corrected chi connectivity index (χ0v) is 12.2. The number of aryl methyl sites for hydroxylation is 1. The molecule has 0 radical (unpaired) electrons. The minimum atomic E-state index is -3.51. The van der Waals surface area contributed by atoms with E-state index in [4.69, 9.17) is 5.11 Å². The van der Waals surface area contributed by atoms with Crippen molar-refractivity contribution in [3.63, 3.8) is 0 Å². The molecular weight excluding hydrogens is 322 g/mol. The molecule has 0 saturated carbocycles. The molecule has 0 saturated heterocycles. The van der Waals surface area contributed by atoms with Crippen LogP contribution in [-0.4, -0.2) is 25.2 Å². The third kappa shape index (κ3) is 5.05. The molecular formula is C11H14BrNO4S. The van der Waals surface area contributed by atoms with Crippen molar-refractivity contribution in [1.82, 2.24) is 0 Å². The molecule has 0 bridgehead atoms. The van der Waals surface area contributed by atoms with Crippen LogP contribution in [0.3, 0.4) is 0 Å². The van der Waals surface area contributed by atoms with Gasteiger partial charge in [0.15, 0.2) is 0 Å². The number of carboxylic acid groups (broad SMARTS) is 1. The van der Waals surface area contributed by atoms with E-state index in [0.29, 0.717) is 10.2 Å². The topological polar surface area (TPSA) is 83.5 Å². The molecule has 2 N–H and O–H groups in total. The molecule has 0 spiro atoms. The van der Waals surface area contributed by atoms with Crippen LogP contribution in [0.5, 0.6) is 0 Å². The fraction of sp³-hybridized carbons (Fsp3) is 0.364. The number of sulfonamides is 1. The number of hydrogen-bond acceptors (Lipinski definition) is 3. The van der Waals surface area contributed by atoms with Gasteiger partial charge in [-0.15, -0.1) is 0 Å². The van der Waals surface area contributed by atoms with Gasteiger partial charge in [0.1, 0.15) is 0 Å². The van der Waals surface area contributed by atoms with Crippen LogP contribution in [0.25, 0.3) is 0 Å². The number of carbonyl (C=O) groups is 1. The highest BCUT2D eigenvalue weighted by atomic mass is 79.9. The van der Waals surface area contributed by atoms with Crippen LogP contribution in [0.2, 0.25) is 0 Å². The predicted molar refractivity (Wildman–Crippen MR) is 73.2 cm³/mol. The smallest absolute Gasteiger partial charge is 0.303 e. The Kier molecular flexibility index (Phi) is 5.15. The Hall–Kier alpha value is -1.08. The molecule has 1 aromatic rings. The zero-order valence-electron chi connectivity index (χ0n) is 9.81. The Morgan fingerprint density at radius 3 is 2.72 bits per heavy atom. The molecule has 7 heteroatoms. The number of carboxylic acids is 1. The van der Waals surface area contributed by atoms with Crippen molar-refractivity contribution in [1.29, 1.82) is 0 Å². The summed E-state index contributed by atoms with van der Waals surface area (Å²) < 4.78 is 26.5. The number of aliphatic carboxylic acids is 1. The van der Waals surface area contributed by atoms with E-state index >= 15 is 0 Å². The van der Waals surface area contributed by atoms with Gasteiger partial charge in [-0.05, 0) is 47.0 Å². The van der Waals surface area contributed by atoms with Crippen molar-refractivity contribution >= 4 is 37.6 Å². The number of halogens is 1. The molecule has 1 aromatic carbocycles. The summed E-state index contributed by atoms with van der Waals surface area (Å²) in [6, 6.07) is 5.32. The first kappa shape index (κ1) is 15.0. The van der Waals surface area contributed by atoms with E-state index in [9.17, 15) is 13.2 Å². The first-order valence-electron chi connectivity index (χ1n) is 5.28. The molecule has 0 aliphatic rings. The van der Waals surface area contributed by atoms with Crippen LogP contribution in [0.15, 0.2) is 22.7 Å². The van der Waals surface area contributed by atoms with E-state index in [0.717, 1.165) is 5.56 Å². The van der Waals surface area contributed by atoms with Crippen LogP contribution in [0, 0.1) is 6.92 Å². The standard InChI is InChI=1S/C11H14BrNO4S/c1-8-4-5-9(12)10(7-8)13-18(16,17)6-2-3-11(14)15/h4-5,7,13H,2-3,6H2,1H3,(H,14,15). The van der Waals surface area contributed by atoms with Crippen molar-refractivity contribution in [2.45, 2.75) is 19.8 Å². The van der Waals surface area contributed by atoms with Crippen LogP contribution in [0.1, 0.15) is 18.4 Å². The first-order chi connectivity index (χ1) is 8.30. The van der Waals surface area contributed by atoms with E-state index in [1.807, 2.05) is 13.0 Å². The molecule has 0 heterocycles. The zero-order chi connectivity index (χ0) is 13.8. The molecule has 100 valence electrons. The van der Waals surface area contributed by atoms with Gasteiger partial charge in [0.05, 0.1) is 11.4 Å². The lowest BCUT2D eigenvalue weighted by atomic mass is 10.2. The number of anilines is 1.